The summed E-state index contributed by atoms with van der Waals surface area (Å²) in [6, 6.07) is -0.703. The standard InChI is InChI=1S/C18H28F3N3O3/c1-11(2)8-23(10-17(19,20)21)14(25)9-24-15(26)18(22-16(24)27)12(3)6-5-7-13(18)4/h11-13H,5-10H2,1-4H3,(H,22,27). The Hall–Kier alpha value is -1.80. The van der Waals surface area contributed by atoms with Crippen molar-refractivity contribution in [1.29, 1.82) is 0 Å². The van der Waals surface area contributed by atoms with Gasteiger partial charge in [-0.1, -0.05) is 34.1 Å². The lowest BCUT2D eigenvalue weighted by molar-refractivity contribution is -0.163. The molecule has 0 aromatic rings. The molecule has 27 heavy (non-hydrogen) atoms. The molecule has 1 N–H and O–H groups in total. The highest BCUT2D eigenvalue weighted by Gasteiger charge is 2.58. The molecule has 2 unspecified atom stereocenters. The van der Waals surface area contributed by atoms with E-state index in [9.17, 15) is 27.6 Å². The molecule has 1 saturated carbocycles. The number of alkyl halides is 3. The van der Waals surface area contributed by atoms with Crippen LogP contribution in [0.4, 0.5) is 18.0 Å². The zero-order valence-corrected chi connectivity index (χ0v) is 16.2. The van der Waals surface area contributed by atoms with Crippen molar-refractivity contribution in [2.75, 3.05) is 19.6 Å². The first kappa shape index (κ1) is 21.5. The number of amides is 4. The first-order valence-electron chi connectivity index (χ1n) is 9.37. The van der Waals surface area contributed by atoms with Gasteiger partial charge in [0.25, 0.3) is 5.91 Å². The summed E-state index contributed by atoms with van der Waals surface area (Å²) in [5.41, 5.74) is -1.07. The van der Waals surface area contributed by atoms with Crippen molar-refractivity contribution in [2.45, 2.75) is 58.7 Å². The summed E-state index contributed by atoms with van der Waals surface area (Å²) in [6.07, 6.45) is -2.06. The van der Waals surface area contributed by atoms with Gasteiger partial charge in [-0.15, -0.1) is 0 Å². The molecule has 2 rings (SSSR count). The van der Waals surface area contributed by atoms with Crippen molar-refractivity contribution in [3.8, 4) is 0 Å². The normalized spacial score (nSPS) is 28.8. The summed E-state index contributed by atoms with van der Waals surface area (Å²) < 4.78 is 38.5. The summed E-state index contributed by atoms with van der Waals surface area (Å²) in [4.78, 5) is 39.4. The molecule has 154 valence electrons. The predicted octanol–water partition coefficient (Wildman–Crippen LogP) is 2.78. The van der Waals surface area contributed by atoms with E-state index < -0.39 is 42.7 Å². The Morgan fingerprint density at radius 2 is 1.81 bits per heavy atom. The molecule has 1 spiro atoms. The second-order valence-corrected chi connectivity index (χ2v) is 8.21. The SMILES string of the molecule is CC(C)CN(CC(F)(F)F)C(=O)CN1C(=O)NC2(C1=O)C(C)CCCC2C. The summed E-state index contributed by atoms with van der Waals surface area (Å²) >= 11 is 0. The van der Waals surface area contributed by atoms with Crippen LogP contribution in [0.15, 0.2) is 0 Å². The van der Waals surface area contributed by atoms with E-state index in [4.69, 9.17) is 0 Å². The van der Waals surface area contributed by atoms with Gasteiger partial charge in [0.05, 0.1) is 0 Å². The number of carbonyl (C=O) groups is 3. The van der Waals surface area contributed by atoms with Crippen LogP contribution in [0.25, 0.3) is 0 Å². The van der Waals surface area contributed by atoms with E-state index in [-0.39, 0.29) is 24.3 Å². The van der Waals surface area contributed by atoms with Gasteiger partial charge in [-0.2, -0.15) is 13.2 Å². The predicted molar refractivity (Wildman–Crippen MR) is 92.6 cm³/mol. The van der Waals surface area contributed by atoms with Crippen molar-refractivity contribution >= 4 is 17.8 Å². The lowest BCUT2D eigenvalue weighted by Crippen LogP contribution is -2.59. The maximum atomic E-state index is 13.0. The molecule has 9 heteroatoms. The minimum atomic E-state index is -4.55. The van der Waals surface area contributed by atoms with Crippen LogP contribution in [-0.2, 0) is 9.59 Å². The molecule has 4 amide bonds. The summed E-state index contributed by atoms with van der Waals surface area (Å²) in [6.45, 7) is 5.00. The van der Waals surface area contributed by atoms with Gasteiger partial charge in [0.15, 0.2) is 0 Å². The average Bonchev–Trinajstić information content (AvgIpc) is 2.76. The molecule has 0 radical (unpaired) electrons. The van der Waals surface area contributed by atoms with Crippen molar-refractivity contribution in [3.05, 3.63) is 0 Å². The fraction of sp³-hybridized carbons (Fsp3) is 0.833. The van der Waals surface area contributed by atoms with Crippen LogP contribution in [0.5, 0.6) is 0 Å². The van der Waals surface area contributed by atoms with Gasteiger partial charge in [0.2, 0.25) is 5.91 Å². The highest BCUT2D eigenvalue weighted by atomic mass is 19.4. The Labute approximate surface area is 157 Å². The van der Waals surface area contributed by atoms with E-state index in [0.29, 0.717) is 4.90 Å². The van der Waals surface area contributed by atoms with E-state index in [2.05, 4.69) is 5.32 Å². The average molecular weight is 391 g/mol. The molecule has 0 aromatic carbocycles. The van der Waals surface area contributed by atoms with Gasteiger partial charge < -0.3 is 10.2 Å². The maximum Gasteiger partial charge on any atom is 0.406 e. The van der Waals surface area contributed by atoms with Crippen LogP contribution in [0.1, 0.15) is 47.0 Å². The van der Waals surface area contributed by atoms with Gasteiger partial charge in [-0.05, 0) is 30.6 Å². The Morgan fingerprint density at radius 1 is 1.26 bits per heavy atom. The Bertz CT molecular complexity index is 596. The van der Waals surface area contributed by atoms with Crippen molar-refractivity contribution in [3.63, 3.8) is 0 Å². The lowest BCUT2D eigenvalue weighted by atomic mass is 9.67. The second kappa shape index (κ2) is 7.67. The van der Waals surface area contributed by atoms with Gasteiger partial charge >= 0.3 is 12.2 Å². The Morgan fingerprint density at radius 3 is 2.30 bits per heavy atom. The van der Waals surface area contributed by atoms with Crippen molar-refractivity contribution in [1.82, 2.24) is 15.1 Å². The minimum Gasteiger partial charge on any atom is -0.332 e. The highest BCUT2D eigenvalue weighted by molar-refractivity contribution is 6.09. The number of nitrogens with one attached hydrogen (secondary N) is 1. The third-order valence-electron chi connectivity index (χ3n) is 5.59. The number of halogens is 3. The van der Waals surface area contributed by atoms with E-state index in [1.807, 2.05) is 13.8 Å². The van der Waals surface area contributed by atoms with Gasteiger partial charge in [-0.3, -0.25) is 14.5 Å². The minimum absolute atomic E-state index is 0.0973. The molecule has 1 saturated heterocycles. The monoisotopic (exact) mass is 391 g/mol. The molecule has 2 aliphatic rings. The van der Waals surface area contributed by atoms with Crippen molar-refractivity contribution in [2.24, 2.45) is 17.8 Å². The Balaban J connectivity index is 2.18. The highest BCUT2D eigenvalue weighted by Crippen LogP contribution is 2.42. The Kier molecular flexibility index (Phi) is 6.11. The topological polar surface area (TPSA) is 69.7 Å². The van der Waals surface area contributed by atoms with Crippen LogP contribution in [-0.4, -0.2) is 59.0 Å². The van der Waals surface area contributed by atoms with Crippen molar-refractivity contribution < 1.29 is 27.6 Å². The van der Waals surface area contributed by atoms with Gasteiger partial charge in [-0.25, -0.2) is 4.79 Å². The quantitative estimate of drug-likeness (QED) is 0.733. The number of hydrogen-bond donors (Lipinski definition) is 1. The molecule has 1 heterocycles. The molecule has 1 aliphatic carbocycles. The molecular formula is C18H28F3N3O3. The third kappa shape index (κ3) is 4.38. The number of carbonyl (C=O) groups excluding carboxylic acids is 3. The van der Waals surface area contributed by atoms with Crippen LogP contribution < -0.4 is 5.32 Å². The van der Waals surface area contributed by atoms with E-state index in [1.165, 1.54) is 0 Å². The fourth-order valence-electron chi connectivity index (χ4n) is 4.24. The molecule has 1 aliphatic heterocycles. The number of rotatable bonds is 5. The fourth-order valence-corrected chi connectivity index (χ4v) is 4.24. The number of imide groups is 1. The number of hydrogen-bond acceptors (Lipinski definition) is 3. The zero-order valence-electron chi connectivity index (χ0n) is 16.2. The molecular weight excluding hydrogens is 363 g/mol. The number of urea groups is 1. The lowest BCUT2D eigenvalue weighted by Gasteiger charge is -2.42. The molecule has 0 bridgehead atoms. The van der Waals surface area contributed by atoms with E-state index >= 15 is 0 Å². The van der Waals surface area contributed by atoms with Crippen LogP contribution >= 0.6 is 0 Å². The van der Waals surface area contributed by atoms with E-state index in [0.717, 1.165) is 24.2 Å². The first-order chi connectivity index (χ1) is 12.4. The summed E-state index contributed by atoms with van der Waals surface area (Å²) in [5.74, 6) is -1.75. The second-order valence-electron chi connectivity index (χ2n) is 8.21. The molecule has 2 atom stereocenters. The van der Waals surface area contributed by atoms with Gasteiger partial charge in [0, 0.05) is 6.54 Å². The largest absolute Gasteiger partial charge is 0.406 e. The molecule has 6 nitrogen and oxygen atoms in total. The maximum absolute atomic E-state index is 13.0. The van der Waals surface area contributed by atoms with Crippen LogP contribution in [0, 0.1) is 17.8 Å². The van der Waals surface area contributed by atoms with E-state index in [1.54, 1.807) is 13.8 Å². The third-order valence-corrected chi connectivity index (χ3v) is 5.59. The van der Waals surface area contributed by atoms with Crippen LogP contribution in [0.3, 0.4) is 0 Å². The zero-order chi connectivity index (χ0) is 20.6. The summed E-state index contributed by atoms with van der Waals surface area (Å²) in [7, 11) is 0. The smallest absolute Gasteiger partial charge is 0.332 e. The van der Waals surface area contributed by atoms with Gasteiger partial charge in [0.1, 0.15) is 18.6 Å². The number of nitrogens with zero attached hydrogens (tertiary/aromatic N) is 2. The van der Waals surface area contributed by atoms with Crippen LogP contribution in [0.2, 0.25) is 0 Å². The first-order valence-corrected chi connectivity index (χ1v) is 9.37. The molecule has 0 aromatic heterocycles. The summed E-state index contributed by atoms with van der Waals surface area (Å²) in [5, 5.41) is 2.75. The molecule has 2 fully saturated rings.